The minimum Gasteiger partial charge on any atom is -0.396 e. The summed E-state index contributed by atoms with van der Waals surface area (Å²) in [6, 6.07) is 32.6. The summed E-state index contributed by atoms with van der Waals surface area (Å²) in [6.07, 6.45) is 24.8. The van der Waals surface area contributed by atoms with Crippen LogP contribution in [0.5, 0.6) is 0 Å². The third kappa shape index (κ3) is 7.94. The molecule has 0 bridgehead atoms. The first kappa shape index (κ1) is 43.2. The molecule has 2 aliphatic rings. The fourth-order valence-corrected chi connectivity index (χ4v) is 12.1. The van der Waals surface area contributed by atoms with Crippen LogP contribution in [0.2, 0.25) is 0 Å². The van der Waals surface area contributed by atoms with Crippen molar-refractivity contribution in [1.29, 1.82) is 0 Å². The van der Waals surface area contributed by atoms with Crippen molar-refractivity contribution in [2.45, 2.75) is 167 Å². The number of rotatable bonds is 22. The van der Waals surface area contributed by atoms with E-state index >= 15 is 0 Å². The highest BCUT2D eigenvalue weighted by Crippen LogP contribution is 2.58. The van der Waals surface area contributed by atoms with E-state index in [0.29, 0.717) is 11.4 Å². The molecule has 0 amide bonds. The summed E-state index contributed by atoms with van der Waals surface area (Å²) in [6.45, 7) is 9.24. The van der Waals surface area contributed by atoms with Crippen LogP contribution >= 0.6 is 11.7 Å². The number of nitrogens with zero attached hydrogens (tertiary/aromatic N) is 2. The lowest BCUT2D eigenvalue weighted by molar-refractivity contribution is 0.401. The van der Waals surface area contributed by atoms with E-state index in [2.05, 4.69) is 113 Å². The average molecular weight is 831 g/mol. The number of nitrogens with two attached hydrogens (primary N) is 2. The zero-order valence-electron chi connectivity index (χ0n) is 37.7. The third-order valence-electron chi connectivity index (χ3n) is 14.7. The number of unbranched alkanes of at least 4 members (excludes halogenated alkanes) is 12. The highest BCUT2D eigenvalue weighted by Gasteiger charge is 2.44. The largest absolute Gasteiger partial charge is 0.396 e. The predicted molar refractivity (Wildman–Crippen MR) is 265 cm³/mol. The highest BCUT2D eigenvalue weighted by molar-refractivity contribution is 7.00. The fourth-order valence-electron chi connectivity index (χ4n) is 11.6. The molecule has 1 aromatic heterocycles. The summed E-state index contributed by atoms with van der Waals surface area (Å²) in [5.74, 6) is 0. The van der Waals surface area contributed by atoms with Crippen molar-refractivity contribution in [3.63, 3.8) is 0 Å². The van der Waals surface area contributed by atoms with E-state index in [1.54, 1.807) is 0 Å². The van der Waals surface area contributed by atoms with Gasteiger partial charge in [-0.15, -0.1) is 0 Å². The van der Waals surface area contributed by atoms with Crippen molar-refractivity contribution >= 4 is 34.1 Å². The maximum absolute atomic E-state index is 7.34. The minimum atomic E-state index is -0.0231. The molecule has 8 rings (SSSR count). The molecular formula is C56H70N4S. The van der Waals surface area contributed by atoms with Gasteiger partial charge in [0.15, 0.2) is 0 Å². The molecule has 1 heterocycles. The molecule has 5 heteroatoms. The second-order valence-corrected chi connectivity index (χ2v) is 19.1. The molecule has 0 atom stereocenters. The lowest BCUT2D eigenvalue weighted by Gasteiger charge is -2.33. The molecule has 0 saturated carbocycles. The molecule has 2 aliphatic carbocycles. The van der Waals surface area contributed by atoms with Crippen molar-refractivity contribution in [3.05, 3.63) is 107 Å². The molecule has 0 radical (unpaired) electrons. The van der Waals surface area contributed by atoms with Gasteiger partial charge in [0.05, 0.1) is 23.1 Å². The molecule has 0 spiro atoms. The van der Waals surface area contributed by atoms with E-state index < -0.39 is 0 Å². The number of benzene rings is 5. The van der Waals surface area contributed by atoms with Crippen LogP contribution in [0.15, 0.2) is 84.9 Å². The van der Waals surface area contributed by atoms with Crippen molar-refractivity contribution in [2.24, 2.45) is 0 Å². The summed E-state index contributed by atoms with van der Waals surface area (Å²) in [4.78, 5) is 0. The van der Waals surface area contributed by atoms with Gasteiger partial charge in [-0.05, 0) is 93.5 Å². The van der Waals surface area contributed by atoms with Gasteiger partial charge < -0.3 is 11.5 Å². The Labute approximate surface area is 371 Å². The van der Waals surface area contributed by atoms with Crippen LogP contribution < -0.4 is 11.5 Å². The van der Waals surface area contributed by atoms with Crippen LogP contribution in [0.25, 0.3) is 55.5 Å². The van der Waals surface area contributed by atoms with Gasteiger partial charge in [-0.1, -0.05) is 203 Å². The highest BCUT2D eigenvalue weighted by atomic mass is 32.1. The molecule has 320 valence electrons. The maximum atomic E-state index is 7.34. The van der Waals surface area contributed by atoms with Gasteiger partial charge in [-0.2, -0.15) is 8.75 Å². The number of nitrogen functional groups attached to an aromatic ring is 2. The van der Waals surface area contributed by atoms with Crippen LogP contribution in [0.3, 0.4) is 0 Å². The molecule has 5 aromatic carbocycles. The average Bonchev–Trinajstić information content (AvgIpc) is 3.95. The normalized spacial score (nSPS) is 14.3. The molecule has 4 N–H and O–H groups in total. The molecule has 4 nitrogen and oxygen atoms in total. The monoisotopic (exact) mass is 831 g/mol. The Morgan fingerprint density at radius 1 is 0.410 bits per heavy atom. The number of hydrogen-bond acceptors (Lipinski definition) is 5. The molecule has 0 aliphatic heterocycles. The smallest absolute Gasteiger partial charge is 0.115 e. The van der Waals surface area contributed by atoms with E-state index in [0.717, 1.165) is 59.0 Å². The lowest BCUT2D eigenvalue weighted by Crippen LogP contribution is -2.25. The first-order chi connectivity index (χ1) is 29.9. The second-order valence-electron chi connectivity index (χ2n) is 18.6. The number of hydrogen-bond donors (Lipinski definition) is 2. The van der Waals surface area contributed by atoms with Gasteiger partial charge in [0.2, 0.25) is 0 Å². The zero-order chi connectivity index (χ0) is 42.4. The van der Waals surface area contributed by atoms with E-state index in [4.69, 9.17) is 20.2 Å². The summed E-state index contributed by atoms with van der Waals surface area (Å²) < 4.78 is 10.1. The van der Waals surface area contributed by atoms with Crippen LogP contribution in [0, 0.1) is 0 Å². The van der Waals surface area contributed by atoms with Crippen LogP contribution in [0.4, 0.5) is 11.4 Å². The lowest BCUT2D eigenvalue weighted by atomic mass is 9.70. The van der Waals surface area contributed by atoms with Crippen LogP contribution in [0.1, 0.15) is 178 Å². The molecule has 0 saturated heterocycles. The van der Waals surface area contributed by atoms with Crippen LogP contribution in [-0.2, 0) is 10.8 Å². The van der Waals surface area contributed by atoms with Crippen molar-refractivity contribution in [1.82, 2.24) is 8.75 Å². The Bertz CT molecular complexity index is 2250. The van der Waals surface area contributed by atoms with E-state index in [9.17, 15) is 0 Å². The third-order valence-corrected chi connectivity index (χ3v) is 15.3. The fraction of sp³-hybridized carbons (Fsp3) is 0.464. The van der Waals surface area contributed by atoms with Gasteiger partial charge in [0.25, 0.3) is 0 Å². The summed E-state index contributed by atoms with van der Waals surface area (Å²) in [7, 11) is 0. The number of aromatic nitrogens is 2. The summed E-state index contributed by atoms with van der Waals surface area (Å²) in [5.41, 5.74) is 33.0. The molecule has 61 heavy (non-hydrogen) atoms. The second kappa shape index (κ2) is 19.3. The van der Waals surface area contributed by atoms with Crippen molar-refractivity contribution < 1.29 is 0 Å². The molecule has 0 unspecified atom stereocenters. The van der Waals surface area contributed by atoms with Gasteiger partial charge in [-0.3, -0.25) is 0 Å². The Kier molecular flexibility index (Phi) is 13.6. The SMILES string of the molecule is CCCCCCC1(CCCCCC)c2ccccc2-c2ccc(-c3c(N)c(N)c(-c4ccc5c(c4)C(CCCCCC)(CCCCCC)c4ccccc4-5)c4nsnc34)cc21. The first-order valence-corrected chi connectivity index (χ1v) is 25.0. The predicted octanol–water partition coefficient (Wildman–Crippen LogP) is 16.6. The first-order valence-electron chi connectivity index (χ1n) is 24.3. The topological polar surface area (TPSA) is 77.8 Å². The maximum Gasteiger partial charge on any atom is 0.115 e. The molecule has 0 fully saturated rings. The summed E-state index contributed by atoms with van der Waals surface area (Å²) in [5, 5.41) is 0. The quantitative estimate of drug-likeness (QED) is 0.0528. The van der Waals surface area contributed by atoms with Gasteiger partial charge in [-0.25, -0.2) is 0 Å². The zero-order valence-corrected chi connectivity index (χ0v) is 38.5. The Hall–Kier alpha value is -4.48. The van der Waals surface area contributed by atoms with Gasteiger partial charge >= 0.3 is 0 Å². The van der Waals surface area contributed by atoms with E-state index in [1.165, 1.54) is 159 Å². The van der Waals surface area contributed by atoms with Gasteiger partial charge in [0.1, 0.15) is 11.0 Å². The Balaban J connectivity index is 1.24. The van der Waals surface area contributed by atoms with Gasteiger partial charge in [0, 0.05) is 22.0 Å². The number of fused-ring (bicyclic) bond motifs is 7. The van der Waals surface area contributed by atoms with Crippen molar-refractivity contribution in [3.8, 4) is 44.5 Å². The van der Waals surface area contributed by atoms with E-state index in [-0.39, 0.29) is 10.8 Å². The standard InChI is InChI=1S/C56H70N4S/c1-5-9-13-21-33-55(34-22-14-10-6-2)45-27-19-17-25-41(45)43-31-29-39(37-47(43)55)49-51(57)52(58)50(54-53(49)59-61-60-54)40-30-32-44-42-26-18-20-28-46(42)56(48(44)38-40,35-23-15-11-7-3)36-24-16-12-8-4/h17-20,25-32,37-38H,5-16,21-24,33-36,57-58H2,1-4H3. The molecule has 6 aromatic rings. The molecular weight excluding hydrogens is 761 g/mol. The Morgan fingerprint density at radius 3 is 1.11 bits per heavy atom. The number of anilines is 2. The van der Waals surface area contributed by atoms with Crippen molar-refractivity contribution in [2.75, 3.05) is 11.5 Å². The van der Waals surface area contributed by atoms with Crippen LogP contribution in [-0.4, -0.2) is 8.75 Å². The van der Waals surface area contributed by atoms with E-state index in [1.807, 2.05) is 0 Å². The summed E-state index contributed by atoms with van der Waals surface area (Å²) >= 11 is 1.27. The minimum absolute atomic E-state index is 0.0231. The Morgan fingerprint density at radius 2 is 0.754 bits per heavy atom.